The molecule has 0 saturated carbocycles. The summed E-state index contributed by atoms with van der Waals surface area (Å²) in [5.74, 6) is -0.973. The summed E-state index contributed by atoms with van der Waals surface area (Å²) in [7, 11) is 0. The van der Waals surface area contributed by atoms with Crippen molar-refractivity contribution in [2.24, 2.45) is 0 Å². The Labute approximate surface area is 125 Å². The number of hydrogen-bond acceptors (Lipinski definition) is 5. The number of rotatable bonds is 4. The Kier molecular flexibility index (Phi) is 4.59. The van der Waals surface area contributed by atoms with Crippen LogP contribution in [0.25, 0.3) is 0 Å². The molecule has 0 aliphatic heterocycles. The molecule has 0 saturated heterocycles. The lowest BCUT2D eigenvalue weighted by atomic mass is 10.2. The van der Waals surface area contributed by atoms with Crippen LogP contribution in [0.3, 0.4) is 0 Å². The monoisotopic (exact) mass is 309 g/mol. The van der Waals surface area contributed by atoms with E-state index < -0.39 is 11.8 Å². The zero-order valence-electron chi connectivity index (χ0n) is 11.2. The number of benzene rings is 1. The first kappa shape index (κ1) is 15.1. The van der Waals surface area contributed by atoms with E-state index in [1.165, 1.54) is 30.5 Å². The van der Waals surface area contributed by atoms with Gasteiger partial charge in [-0.25, -0.2) is 14.2 Å². The fraction of sp³-hybridized carbons (Fsp3) is 0.143. The summed E-state index contributed by atoms with van der Waals surface area (Å²) in [6, 6.07) is 5.44. The van der Waals surface area contributed by atoms with Gasteiger partial charge >= 0.3 is 5.97 Å². The molecule has 0 bridgehead atoms. The molecule has 5 nitrogen and oxygen atoms in total. The highest BCUT2D eigenvalue weighted by molar-refractivity contribution is 6.30. The highest BCUT2D eigenvalue weighted by atomic mass is 35.5. The summed E-state index contributed by atoms with van der Waals surface area (Å²) in [6.45, 7) is 1.89. The third kappa shape index (κ3) is 3.61. The van der Waals surface area contributed by atoms with Gasteiger partial charge in [0.05, 0.1) is 24.2 Å². The van der Waals surface area contributed by atoms with Gasteiger partial charge in [-0.2, -0.15) is 0 Å². The van der Waals surface area contributed by atoms with Crippen molar-refractivity contribution in [2.75, 3.05) is 17.7 Å². The van der Waals surface area contributed by atoms with E-state index in [1.807, 2.05) is 0 Å². The van der Waals surface area contributed by atoms with Crippen molar-refractivity contribution in [2.45, 2.75) is 6.92 Å². The van der Waals surface area contributed by atoms with Crippen LogP contribution in [0.2, 0.25) is 5.02 Å². The predicted octanol–water partition coefficient (Wildman–Crippen LogP) is 3.38. The molecular formula is C14H13ClFN3O2. The minimum Gasteiger partial charge on any atom is -0.462 e. The van der Waals surface area contributed by atoms with Gasteiger partial charge in [0.25, 0.3) is 0 Å². The number of nitrogens with one attached hydrogen (secondary N) is 1. The average Bonchev–Trinajstić information content (AvgIpc) is 2.45. The van der Waals surface area contributed by atoms with Gasteiger partial charge in [0.1, 0.15) is 17.2 Å². The van der Waals surface area contributed by atoms with Crippen LogP contribution in [0, 0.1) is 5.82 Å². The Morgan fingerprint density at radius 1 is 1.48 bits per heavy atom. The van der Waals surface area contributed by atoms with Gasteiger partial charge in [-0.1, -0.05) is 11.6 Å². The maximum Gasteiger partial charge on any atom is 0.341 e. The zero-order chi connectivity index (χ0) is 15.4. The van der Waals surface area contributed by atoms with Crippen LogP contribution < -0.4 is 11.1 Å². The van der Waals surface area contributed by atoms with E-state index in [9.17, 15) is 9.18 Å². The molecule has 0 fully saturated rings. The molecular weight excluding hydrogens is 297 g/mol. The van der Waals surface area contributed by atoms with Crippen LogP contribution in [0.1, 0.15) is 17.3 Å². The van der Waals surface area contributed by atoms with E-state index in [4.69, 9.17) is 22.1 Å². The second-order valence-corrected chi connectivity index (χ2v) is 4.57. The molecule has 1 heterocycles. The highest BCUT2D eigenvalue weighted by Crippen LogP contribution is 2.25. The van der Waals surface area contributed by atoms with Crippen molar-refractivity contribution >= 4 is 34.8 Å². The Bertz CT molecular complexity index is 679. The second kappa shape index (κ2) is 6.41. The van der Waals surface area contributed by atoms with E-state index in [1.54, 1.807) is 6.92 Å². The Morgan fingerprint density at radius 2 is 2.24 bits per heavy atom. The van der Waals surface area contributed by atoms with Crippen LogP contribution in [0.4, 0.5) is 21.6 Å². The van der Waals surface area contributed by atoms with Crippen molar-refractivity contribution in [3.63, 3.8) is 0 Å². The lowest BCUT2D eigenvalue weighted by Gasteiger charge is -2.12. The van der Waals surface area contributed by atoms with E-state index in [-0.39, 0.29) is 23.7 Å². The van der Waals surface area contributed by atoms with Crippen molar-refractivity contribution < 1.29 is 13.9 Å². The Balaban J connectivity index is 2.39. The molecule has 0 atom stereocenters. The zero-order valence-corrected chi connectivity index (χ0v) is 11.9. The number of hydrogen-bond donors (Lipinski definition) is 2. The van der Waals surface area contributed by atoms with Crippen molar-refractivity contribution in [3.05, 3.63) is 46.9 Å². The standard InChI is InChI=1S/C14H13ClFN3O2/c1-2-21-14(20)10-6-9(17)7-18-13(10)19-12-5-8(15)3-4-11(12)16/h3-7H,2,17H2,1H3,(H,18,19). The number of esters is 1. The highest BCUT2D eigenvalue weighted by Gasteiger charge is 2.16. The topological polar surface area (TPSA) is 77.2 Å². The summed E-state index contributed by atoms with van der Waals surface area (Å²) in [4.78, 5) is 15.9. The van der Waals surface area contributed by atoms with E-state index in [0.29, 0.717) is 10.7 Å². The number of anilines is 3. The quantitative estimate of drug-likeness (QED) is 0.847. The Morgan fingerprint density at radius 3 is 2.95 bits per heavy atom. The lowest BCUT2D eigenvalue weighted by Crippen LogP contribution is -2.10. The van der Waals surface area contributed by atoms with Gasteiger partial charge in [-0.3, -0.25) is 0 Å². The number of carbonyl (C=O) groups excluding carboxylic acids is 1. The van der Waals surface area contributed by atoms with Crippen molar-refractivity contribution in [1.29, 1.82) is 0 Å². The first-order chi connectivity index (χ1) is 10.0. The van der Waals surface area contributed by atoms with Crippen LogP contribution in [0.5, 0.6) is 0 Å². The summed E-state index contributed by atoms with van der Waals surface area (Å²) >= 11 is 5.82. The minimum atomic E-state index is -0.595. The molecule has 0 unspecified atom stereocenters. The van der Waals surface area contributed by atoms with Crippen LogP contribution in [-0.2, 0) is 4.74 Å². The van der Waals surface area contributed by atoms with Gasteiger partial charge in [0.2, 0.25) is 0 Å². The van der Waals surface area contributed by atoms with Gasteiger partial charge in [0.15, 0.2) is 0 Å². The molecule has 1 aromatic heterocycles. The second-order valence-electron chi connectivity index (χ2n) is 4.13. The number of aromatic nitrogens is 1. The number of carbonyl (C=O) groups is 1. The number of halogens is 2. The molecule has 0 radical (unpaired) electrons. The van der Waals surface area contributed by atoms with E-state index >= 15 is 0 Å². The van der Waals surface area contributed by atoms with Gasteiger partial charge in [0, 0.05) is 5.02 Å². The molecule has 3 N–H and O–H groups in total. The molecule has 0 aliphatic carbocycles. The number of nitrogen functional groups attached to an aromatic ring is 1. The SMILES string of the molecule is CCOC(=O)c1cc(N)cnc1Nc1cc(Cl)ccc1F. The maximum atomic E-state index is 13.7. The molecule has 2 aromatic rings. The minimum absolute atomic E-state index is 0.102. The first-order valence-corrected chi connectivity index (χ1v) is 6.53. The Hall–Kier alpha value is -2.34. The third-order valence-corrected chi connectivity index (χ3v) is 2.82. The summed E-state index contributed by atoms with van der Waals surface area (Å²) in [5.41, 5.74) is 6.14. The fourth-order valence-corrected chi connectivity index (χ4v) is 1.84. The van der Waals surface area contributed by atoms with Crippen LogP contribution in [-0.4, -0.2) is 17.6 Å². The van der Waals surface area contributed by atoms with Gasteiger partial charge in [-0.05, 0) is 31.2 Å². The number of nitrogens with two attached hydrogens (primary N) is 1. The molecule has 7 heteroatoms. The summed E-state index contributed by atoms with van der Waals surface area (Å²) in [6.07, 6.45) is 1.35. The summed E-state index contributed by atoms with van der Waals surface area (Å²) in [5, 5.41) is 3.07. The number of pyridine rings is 1. The maximum absolute atomic E-state index is 13.7. The lowest BCUT2D eigenvalue weighted by molar-refractivity contribution is 0.0527. The van der Waals surface area contributed by atoms with Gasteiger partial charge < -0.3 is 15.8 Å². The molecule has 1 aromatic carbocycles. The van der Waals surface area contributed by atoms with E-state index in [2.05, 4.69) is 10.3 Å². The van der Waals surface area contributed by atoms with Gasteiger partial charge in [-0.15, -0.1) is 0 Å². The van der Waals surface area contributed by atoms with E-state index in [0.717, 1.165) is 0 Å². The van der Waals surface area contributed by atoms with Crippen molar-refractivity contribution in [3.8, 4) is 0 Å². The molecule has 0 amide bonds. The largest absolute Gasteiger partial charge is 0.462 e. The van der Waals surface area contributed by atoms with Crippen LogP contribution >= 0.6 is 11.6 Å². The normalized spacial score (nSPS) is 10.2. The van der Waals surface area contributed by atoms with Crippen LogP contribution in [0.15, 0.2) is 30.5 Å². The molecule has 0 spiro atoms. The smallest absolute Gasteiger partial charge is 0.341 e. The average molecular weight is 310 g/mol. The molecule has 2 rings (SSSR count). The summed E-state index contributed by atoms with van der Waals surface area (Å²) < 4.78 is 18.6. The third-order valence-electron chi connectivity index (χ3n) is 2.59. The molecule has 21 heavy (non-hydrogen) atoms. The molecule has 0 aliphatic rings. The number of nitrogens with zero attached hydrogens (tertiary/aromatic N) is 1. The molecule has 110 valence electrons. The van der Waals surface area contributed by atoms with Crippen molar-refractivity contribution in [1.82, 2.24) is 4.98 Å². The predicted molar refractivity (Wildman–Crippen MR) is 79.3 cm³/mol. The first-order valence-electron chi connectivity index (χ1n) is 6.16. The number of ether oxygens (including phenoxy) is 1. The fourth-order valence-electron chi connectivity index (χ4n) is 1.67.